The van der Waals surface area contributed by atoms with E-state index >= 15 is 0 Å². The summed E-state index contributed by atoms with van der Waals surface area (Å²) in [5.41, 5.74) is 3.09. The zero-order chi connectivity index (χ0) is 33.4. The Morgan fingerprint density at radius 2 is 1.19 bits per heavy atom. The van der Waals surface area contributed by atoms with Gasteiger partial charge in [-0.2, -0.15) is 0 Å². The quantitative estimate of drug-likeness (QED) is 0.175. The van der Waals surface area contributed by atoms with Crippen LogP contribution >= 0.6 is 0 Å². The maximum absolute atomic E-state index is 7.32. The summed E-state index contributed by atoms with van der Waals surface area (Å²) in [4.78, 5) is 0. The largest absolute Gasteiger partial charge is 0.497 e. The van der Waals surface area contributed by atoms with Gasteiger partial charge in [-0.15, -0.1) is 6.58 Å². The molecule has 9 atom stereocenters. The van der Waals surface area contributed by atoms with Crippen molar-refractivity contribution in [3.8, 4) is 5.75 Å². The molecule has 3 aromatic rings. The maximum Gasteiger partial charge on any atom is 0.175 e. The Balaban J connectivity index is 1.27. The van der Waals surface area contributed by atoms with E-state index in [9.17, 15) is 0 Å². The molecule has 1 spiro atoms. The molecule has 7 nitrogen and oxygen atoms in total. The molecule has 256 valence electrons. The lowest BCUT2D eigenvalue weighted by molar-refractivity contribution is -0.259. The molecule has 1 heterocycles. The van der Waals surface area contributed by atoms with Crippen molar-refractivity contribution in [1.29, 1.82) is 0 Å². The van der Waals surface area contributed by atoms with Crippen LogP contribution in [0.2, 0.25) is 0 Å². The van der Waals surface area contributed by atoms with E-state index in [1.807, 2.05) is 60.7 Å². The smallest absolute Gasteiger partial charge is 0.175 e. The van der Waals surface area contributed by atoms with Crippen molar-refractivity contribution >= 4 is 0 Å². The molecule has 2 bridgehead atoms. The van der Waals surface area contributed by atoms with E-state index in [0.717, 1.165) is 35.3 Å². The lowest BCUT2D eigenvalue weighted by Crippen LogP contribution is -2.65. The minimum atomic E-state index is -0.742. The summed E-state index contributed by atoms with van der Waals surface area (Å²) in [5, 5.41) is 0. The van der Waals surface area contributed by atoms with E-state index < -0.39 is 42.4 Å². The number of rotatable bonds is 13. The SMILES string of the molecule is C=CCO[C@@H]1[C@@H](OCc2ccccc2)[C@H](OCc2ccc(OC)cc2)[C@H](OCc2ccccc2)[C@@H]2O[C@]3(C[C@@H]4CC[C@@]3(C)C4(C)C)O[C@@H]12. The molecule has 4 aliphatic rings. The van der Waals surface area contributed by atoms with Crippen LogP contribution in [0.1, 0.15) is 56.7 Å². The minimum Gasteiger partial charge on any atom is -0.497 e. The van der Waals surface area contributed by atoms with Crippen molar-refractivity contribution in [3.05, 3.63) is 114 Å². The van der Waals surface area contributed by atoms with E-state index in [2.05, 4.69) is 51.6 Å². The topological polar surface area (TPSA) is 64.6 Å². The zero-order valence-electron chi connectivity index (χ0n) is 28.7. The van der Waals surface area contributed by atoms with Crippen molar-refractivity contribution in [2.75, 3.05) is 13.7 Å². The van der Waals surface area contributed by atoms with Crippen LogP contribution in [0.3, 0.4) is 0 Å². The summed E-state index contributed by atoms with van der Waals surface area (Å²) in [6.45, 7) is 12.6. The van der Waals surface area contributed by atoms with Gasteiger partial charge in [0.25, 0.3) is 0 Å². The van der Waals surface area contributed by atoms with Crippen LogP contribution in [-0.4, -0.2) is 56.1 Å². The fourth-order valence-electron chi connectivity index (χ4n) is 8.78. The first kappa shape index (κ1) is 33.5. The van der Waals surface area contributed by atoms with Gasteiger partial charge in [-0.1, -0.05) is 99.6 Å². The van der Waals surface area contributed by atoms with Gasteiger partial charge in [0.2, 0.25) is 0 Å². The molecule has 0 amide bonds. The highest BCUT2D eigenvalue weighted by atomic mass is 16.8. The third kappa shape index (κ3) is 5.93. The molecule has 3 aliphatic carbocycles. The number of benzene rings is 3. The second kappa shape index (κ2) is 13.7. The van der Waals surface area contributed by atoms with E-state index in [4.69, 9.17) is 33.2 Å². The average Bonchev–Trinajstić information content (AvgIpc) is 3.65. The van der Waals surface area contributed by atoms with E-state index in [0.29, 0.717) is 32.3 Å². The predicted octanol–water partition coefficient (Wildman–Crippen LogP) is 7.66. The molecule has 0 N–H and O–H groups in total. The fraction of sp³-hybridized carbons (Fsp3) is 0.512. The summed E-state index contributed by atoms with van der Waals surface area (Å²) in [6, 6.07) is 28.4. The molecule has 3 saturated carbocycles. The first-order chi connectivity index (χ1) is 23.3. The van der Waals surface area contributed by atoms with E-state index in [1.54, 1.807) is 13.2 Å². The van der Waals surface area contributed by atoms with Gasteiger partial charge in [0.15, 0.2) is 5.79 Å². The van der Waals surface area contributed by atoms with Crippen LogP contribution in [0.5, 0.6) is 5.75 Å². The van der Waals surface area contributed by atoms with Gasteiger partial charge in [0.1, 0.15) is 42.4 Å². The minimum absolute atomic E-state index is 0.0752. The Labute approximate surface area is 285 Å². The number of hydrogen-bond donors (Lipinski definition) is 0. The van der Waals surface area contributed by atoms with E-state index in [-0.39, 0.29) is 10.8 Å². The number of fused-ring (bicyclic) bond motifs is 4. The molecule has 7 heteroatoms. The van der Waals surface area contributed by atoms with Crippen molar-refractivity contribution < 1.29 is 33.2 Å². The van der Waals surface area contributed by atoms with Crippen molar-refractivity contribution in [1.82, 2.24) is 0 Å². The molecule has 0 unspecified atom stereocenters. The number of ether oxygens (including phenoxy) is 7. The number of methoxy groups -OCH3 is 1. The Morgan fingerprint density at radius 1 is 0.688 bits per heavy atom. The monoisotopic (exact) mass is 654 g/mol. The lowest BCUT2D eigenvalue weighted by Gasteiger charge is -2.46. The third-order valence-corrected chi connectivity index (χ3v) is 12.0. The van der Waals surface area contributed by atoms with Gasteiger partial charge >= 0.3 is 0 Å². The summed E-state index contributed by atoms with van der Waals surface area (Å²) in [5.74, 6) is 0.578. The van der Waals surface area contributed by atoms with Crippen LogP contribution in [0.25, 0.3) is 0 Å². The van der Waals surface area contributed by atoms with Gasteiger partial charge < -0.3 is 33.2 Å². The van der Waals surface area contributed by atoms with Crippen LogP contribution in [-0.2, 0) is 48.2 Å². The molecular formula is C41H50O7. The average molecular weight is 655 g/mol. The summed E-state index contributed by atoms with van der Waals surface area (Å²) < 4.78 is 47.3. The molecule has 1 saturated heterocycles. The van der Waals surface area contributed by atoms with Gasteiger partial charge in [0.05, 0.1) is 33.5 Å². The molecule has 7 rings (SSSR count). The van der Waals surface area contributed by atoms with Gasteiger partial charge in [-0.05, 0) is 53.0 Å². The lowest BCUT2D eigenvalue weighted by atomic mass is 9.68. The van der Waals surface area contributed by atoms with Gasteiger partial charge in [0, 0.05) is 11.8 Å². The molecule has 1 aliphatic heterocycles. The molecule has 48 heavy (non-hydrogen) atoms. The van der Waals surface area contributed by atoms with Crippen LogP contribution in [0, 0.1) is 16.7 Å². The predicted molar refractivity (Wildman–Crippen MR) is 183 cm³/mol. The second-order valence-electron chi connectivity index (χ2n) is 14.6. The molecule has 0 radical (unpaired) electrons. The Bertz CT molecular complexity index is 1510. The first-order valence-corrected chi connectivity index (χ1v) is 17.4. The zero-order valence-corrected chi connectivity index (χ0v) is 28.7. The summed E-state index contributed by atoms with van der Waals surface area (Å²) >= 11 is 0. The Kier molecular flexibility index (Phi) is 9.55. The summed E-state index contributed by atoms with van der Waals surface area (Å²) in [6.07, 6.45) is 2.06. The normalized spacial score (nSPS) is 34.7. The highest BCUT2D eigenvalue weighted by Crippen LogP contribution is 2.73. The molecule has 0 aromatic heterocycles. The van der Waals surface area contributed by atoms with Crippen LogP contribution < -0.4 is 4.74 Å². The number of hydrogen-bond acceptors (Lipinski definition) is 7. The Hall–Kier alpha value is -3.04. The second-order valence-corrected chi connectivity index (χ2v) is 14.6. The van der Waals surface area contributed by atoms with E-state index in [1.165, 1.54) is 6.42 Å². The van der Waals surface area contributed by atoms with Gasteiger partial charge in [-0.3, -0.25) is 0 Å². The van der Waals surface area contributed by atoms with Crippen molar-refractivity contribution in [2.45, 2.75) is 102 Å². The molecule has 4 fully saturated rings. The molecular weight excluding hydrogens is 604 g/mol. The highest BCUT2D eigenvalue weighted by molar-refractivity contribution is 5.27. The van der Waals surface area contributed by atoms with Crippen LogP contribution in [0.15, 0.2) is 97.6 Å². The maximum atomic E-state index is 7.32. The van der Waals surface area contributed by atoms with Crippen molar-refractivity contribution in [3.63, 3.8) is 0 Å². The standard InChI is InChI=1S/C41H50O7/c1-6-23-43-35-33(44-25-28-13-9-7-10-14-28)34(45-27-30-17-19-32(42-5)20-18-30)36(46-26-29-15-11-8-12-16-29)38-37(35)47-41(48-38)24-31-21-22-40(41,4)39(31,2)3/h6-20,31,33-38H,1,21-27H2,2-5H3/t31-,33-,34-,35+,36-,37-,38-,40-,41-/m0/s1. The highest BCUT2D eigenvalue weighted by Gasteiger charge is 2.76. The Morgan fingerprint density at radius 3 is 1.65 bits per heavy atom. The van der Waals surface area contributed by atoms with Crippen molar-refractivity contribution in [2.24, 2.45) is 16.7 Å². The summed E-state index contributed by atoms with van der Waals surface area (Å²) in [7, 11) is 1.67. The first-order valence-electron chi connectivity index (χ1n) is 17.4. The fourth-order valence-corrected chi connectivity index (χ4v) is 8.78. The molecule has 3 aromatic carbocycles. The van der Waals surface area contributed by atoms with Crippen LogP contribution in [0.4, 0.5) is 0 Å². The third-order valence-electron chi connectivity index (χ3n) is 12.0. The van der Waals surface area contributed by atoms with Gasteiger partial charge in [-0.25, -0.2) is 0 Å².